The molecule has 2 amide bonds. The molecule has 0 saturated carbocycles. The summed E-state index contributed by atoms with van der Waals surface area (Å²) in [4.78, 5) is 69.5. The summed E-state index contributed by atoms with van der Waals surface area (Å²) in [6, 6.07) is 7.82. The fourth-order valence-corrected chi connectivity index (χ4v) is 3.78. The highest BCUT2D eigenvalue weighted by Gasteiger charge is 2.37. The average molecular weight is 556 g/mol. The number of rotatable bonds is 15. The molecule has 1 unspecified atom stereocenters. The van der Waals surface area contributed by atoms with E-state index in [4.69, 9.17) is 9.76 Å². The SMILES string of the molecule is COC(=O)CC(CC(=O)O)C(=O)OB(O)[C@H](CC(C)C)NC(=O)[C@H](Cc1ccccc1)NC(=O)c1cnccn1. The number of methoxy groups -OCH3 is 1. The summed E-state index contributed by atoms with van der Waals surface area (Å²) < 4.78 is 9.60. The smallest absolute Gasteiger partial charge is 0.508 e. The third-order valence-electron chi connectivity index (χ3n) is 5.73. The fourth-order valence-electron chi connectivity index (χ4n) is 3.78. The molecule has 2 aromatic rings. The van der Waals surface area contributed by atoms with E-state index in [0.717, 1.165) is 12.7 Å². The number of aromatic nitrogens is 2. The maximum absolute atomic E-state index is 13.4. The van der Waals surface area contributed by atoms with Crippen molar-refractivity contribution in [2.24, 2.45) is 11.8 Å². The number of carbonyl (C=O) groups excluding carboxylic acids is 4. The van der Waals surface area contributed by atoms with Crippen molar-refractivity contribution in [1.29, 1.82) is 0 Å². The largest absolute Gasteiger partial charge is 0.548 e. The Labute approximate surface area is 231 Å². The number of nitrogens with one attached hydrogen (secondary N) is 2. The van der Waals surface area contributed by atoms with Crippen LogP contribution in [-0.2, 0) is 35.0 Å². The van der Waals surface area contributed by atoms with Gasteiger partial charge in [0.15, 0.2) is 0 Å². The molecule has 0 fully saturated rings. The van der Waals surface area contributed by atoms with Crippen LogP contribution in [0.3, 0.4) is 0 Å². The van der Waals surface area contributed by atoms with E-state index < -0.39 is 67.6 Å². The first-order valence-electron chi connectivity index (χ1n) is 12.6. The number of ether oxygens (including phenoxy) is 1. The Balaban J connectivity index is 2.22. The molecule has 2 rings (SSSR count). The number of carbonyl (C=O) groups is 5. The summed E-state index contributed by atoms with van der Waals surface area (Å²) in [7, 11) is -0.787. The van der Waals surface area contributed by atoms with Crippen LogP contribution in [0.5, 0.6) is 0 Å². The molecule has 40 heavy (non-hydrogen) atoms. The number of aliphatic carboxylic acids is 1. The molecule has 4 N–H and O–H groups in total. The lowest BCUT2D eigenvalue weighted by Crippen LogP contribution is -2.56. The van der Waals surface area contributed by atoms with E-state index >= 15 is 0 Å². The second kappa shape index (κ2) is 15.9. The van der Waals surface area contributed by atoms with E-state index in [0.29, 0.717) is 0 Å². The van der Waals surface area contributed by atoms with E-state index in [2.05, 4.69) is 25.3 Å². The molecular formula is C26H33BN4O9. The molecule has 0 bridgehead atoms. The van der Waals surface area contributed by atoms with Gasteiger partial charge < -0.3 is 30.2 Å². The van der Waals surface area contributed by atoms with Gasteiger partial charge in [-0.25, -0.2) is 4.98 Å². The summed E-state index contributed by atoms with van der Waals surface area (Å²) in [5, 5.41) is 25.1. The highest BCUT2D eigenvalue weighted by molar-refractivity contribution is 6.47. The monoisotopic (exact) mass is 556 g/mol. The van der Waals surface area contributed by atoms with Gasteiger partial charge in [0, 0.05) is 18.8 Å². The minimum absolute atomic E-state index is 0.00358. The van der Waals surface area contributed by atoms with Gasteiger partial charge in [-0.1, -0.05) is 44.2 Å². The number of nitrogens with zero attached hydrogens (tertiary/aromatic N) is 2. The molecule has 1 aromatic heterocycles. The van der Waals surface area contributed by atoms with Crippen LogP contribution in [0.25, 0.3) is 0 Å². The van der Waals surface area contributed by atoms with Crippen molar-refractivity contribution in [2.75, 3.05) is 7.11 Å². The van der Waals surface area contributed by atoms with Crippen LogP contribution in [0.15, 0.2) is 48.9 Å². The maximum atomic E-state index is 13.4. The first kappa shape index (κ1) is 31.9. The summed E-state index contributed by atoms with van der Waals surface area (Å²) in [6.45, 7) is 3.63. The normalized spacial score (nSPS) is 12.9. The van der Waals surface area contributed by atoms with Gasteiger partial charge in [-0.3, -0.25) is 29.0 Å². The number of hydrogen-bond donors (Lipinski definition) is 4. The van der Waals surface area contributed by atoms with Gasteiger partial charge in [-0.15, -0.1) is 0 Å². The topological polar surface area (TPSA) is 194 Å². The van der Waals surface area contributed by atoms with E-state index in [1.54, 1.807) is 30.3 Å². The third kappa shape index (κ3) is 10.8. The Morgan fingerprint density at radius 2 is 1.73 bits per heavy atom. The van der Waals surface area contributed by atoms with E-state index in [1.807, 2.05) is 13.8 Å². The fraction of sp³-hybridized carbons (Fsp3) is 0.423. The van der Waals surface area contributed by atoms with Gasteiger partial charge in [0.05, 0.1) is 38.0 Å². The highest BCUT2D eigenvalue weighted by Crippen LogP contribution is 2.16. The Kier molecular flexibility index (Phi) is 12.7. The molecule has 1 heterocycles. The van der Waals surface area contributed by atoms with Gasteiger partial charge >= 0.3 is 19.1 Å². The molecule has 0 spiro atoms. The number of hydrogen-bond acceptors (Lipinski definition) is 10. The zero-order chi connectivity index (χ0) is 29.7. The van der Waals surface area contributed by atoms with Crippen molar-refractivity contribution < 1.29 is 43.5 Å². The first-order chi connectivity index (χ1) is 19.0. The second-order valence-electron chi connectivity index (χ2n) is 9.45. The Bertz CT molecular complexity index is 1150. The van der Waals surface area contributed by atoms with Crippen LogP contribution in [-0.4, -0.2) is 76.0 Å². The van der Waals surface area contributed by atoms with Gasteiger partial charge in [0.2, 0.25) is 5.91 Å². The molecule has 0 radical (unpaired) electrons. The molecule has 1 aromatic carbocycles. The average Bonchev–Trinajstić information content (AvgIpc) is 2.92. The van der Waals surface area contributed by atoms with Crippen molar-refractivity contribution in [3.8, 4) is 0 Å². The molecule has 0 aliphatic heterocycles. The zero-order valence-corrected chi connectivity index (χ0v) is 22.5. The van der Waals surface area contributed by atoms with E-state index in [-0.39, 0.29) is 24.5 Å². The van der Waals surface area contributed by atoms with Crippen molar-refractivity contribution in [1.82, 2.24) is 20.6 Å². The first-order valence-corrected chi connectivity index (χ1v) is 12.6. The van der Waals surface area contributed by atoms with Crippen LogP contribution in [0, 0.1) is 11.8 Å². The summed E-state index contributed by atoms with van der Waals surface area (Å²) in [5.74, 6) is -7.24. The Morgan fingerprint density at radius 3 is 2.30 bits per heavy atom. The highest BCUT2D eigenvalue weighted by atomic mass is 16.6. The molecule has 3 atom stereocenters. The predicted octanol–water partition coefficient (Wildman–Crippen LogP) is 0.566. The summed E-state index contributed by atoms with van der Waals surface area (Å²) in [6.07, 6.45) is 2.95. The maximum Gasteiger partial charge on any atom is 0.548 e. The quantitative estimate of drug-likeness (QED) is 0.177. The van der Waals surface area contributed by atoms with Crippen molar-refractivity contribution in [3.05, 3.63) is 60.2 Å². The van der Waals surface area contributed by atoms with Crippen LogP contribution in [0.1, 0.15) is 49.2 Å². The Morgan fingerprint density at radius 1 is 1.02 bits per heavy atom. The van der Waals surface area contributed by atoms with Crippen LogP contribution < -0.4 is 10.6 Å². The molecule has 0 aliphatic rings. The number of carboxylic acids is 1. The second-order valence-corrected chi connectivity index (χ2v) is 9.45. The predicted molar refractivity (Wildman–Crippen MR) is 141 cm³/mol. The van der Waals surface area contributed by atoms with E-state index in [9.17, 15) is 29.0 Å². The molecular weight excluding hydrogens is 523 g/mol. The lowest BCUT2D eigenvalue weighted by molar-refractivity contribution is -0.152. The van der Waals surface area contributed by atoms with Crippen LogP contribution >= 0.6 is 0 Å². The van der Waals surface area contributed by atoms with Crippen molar-refractivity contribution in [2.45, 2.75) is 51.5 Å². The van der Waals surface area contributed by atoms with Crippen molar-refractivity contribution in [3.63, 3.8) is 0 Å². The van der Waals surface area contributed by atoms with Gasteiger partial charge in [-0.05, 0) is 17.9 Å². The minimum Gasteiger partial charge on any atom is -0.508 e. The summed E-state index contributed by atoms with van der Waals surface area (Å²) in [5.41, 5.74) is 0.741. The summed E-state index contributed by atoms with van der Waals surface area (Å²) >= 11 is 0. The van der Waals surface area contributed by atoms with Gasteiger partial charge in [0.25, 0.3) is 11.9 Å². The standard InChI is InChI=1S/C26H33BN4O9/c1-16(2)11-21(27(38)40-26(37)18(13-22(32)33)14-23(34)39-3)31-24(35)19(12-17-7-5-4-6-8-17)30-25(36)20-15-28-9-10-29-20/h4-10,15-16,18-19,21,38H,11-14H2,1-3H3,(H,30,36)(H,31,35)(H,32,33)/t18?,19-,21-/m0/s1. The number of benzene rings is 1. The zero-order valence-electron chi connectivity index (χ0n) is 22.5. The van der Waals surface area contributed by atoms with Gasteiger partial charge in [-0.2, -0.15) is 0 Å². The molecule has 0 aliphatic carbocycles. The van der Waals surface area contributed by atoms with Crippen LogP contribution in [0.4, 0.5) is 0 Å². The third-order valence-corrected chi connectivity index (χ3v) is 5.73. The number of carboxylic acid groups (broad SMARTS) is 1. The number of esters is 1. The lowest BCUT2D eigenvalue weighted by atomic mass is 9.74. The van der Waals surface area contributed by atoms with E-state index in [1.165, 1.54) is 18.6 Å². The molecule has 0 saturated heterocycles. The molecule has 13 nitrogen and oxygen atoms in total. The number of amides is 2. The van der Waals surface area contributed by atoms with Crippen LogP contribution in [0.2, 0.25) is 0 Å². The minimum atomic E-state index is -1.87. The molecule has 14 heteroatoms. The Hall–Kier alpha value is -4.33. The molecule has 214 valence electrons. The lowest BCUT2D eigenvalue weighted by Gasteiger charge is -2.26. The van der Waals surface area contributed by atoms with Crippen molar-refractivity contribution >= 4 is 36.8 Å². The van der Waals surface area contributed by atoms with Gasteiger partial charge in [0.1, 0.15) is 11.7 Å².